The number of carbonyl (C=O) groups is 2. The molecular formula is C14H20O2. The number of rotatable bonds is 2. The lowest BCUT2D eigenvalue weighted by molar-refractivity contribution is -0.115. The standard InChI is InChI=1S/C10H8O2.2C2H6/c1-4-7-8(5-2)10(12)6(3)9(7)11;2*1-2/h4-5H,1-3H2;2*1-2H3. The molecule has 2 nitrogen and oxygen atoms in total. The minimum atomic E-state index is -0.343. The molecule has 0 aromatic heterocycles. The Hall–Kier alpha value is -1.70. The van der Waals surface area contributed by atoms with Crippen molar-refractivity contribution in [2.75, 3.05) is 0 Å². The number of allylic oxidation sites excluding steroid dienone is 5. The van der Waals surface area contributed by atoms with Gasteiger partial charge in [-0.3, -0.25) is 9.59 Å². The summed E-state index contributed by atoms with van der Waals surface area (Å²) in [6.45, 7) is 18.3. The molecule has 0 N–H and O–H groups in total. The Morgan fingerprint density at radius 1 is 0.812 bits per heavy atom. The van der Waals surface area contributed by atoms with Crippen LogP contribution in [0.25, 0.3) is 0 Å². The number of carbonyl (C=O) groups excluding carboxylic acids is 2. The fourth-order valence-electron chi connectivity index (χ4n) is 1.08. The van der Waals surface area contributed by atoms with E-state index < -0.39 is 0 Å². The summed E-state index contributed by atoms with van der Waals surface area (Å²) in [7, 11) is 0. The van der Waals surface area contributed by atoms with Gasteiger partial charge in [0.15, 0.2) is 11.6 Å². The smallest absolute Gasteiger partial charge is 0.197 e. The molecule has 1 aliphatic rings. The fourth-order valence-corrected chi connectivity index (χ4v) is 1.08. The van der Waals surface area contributed by atoms with E-state index >= 15 is 0 Å². The summed E-state index contributed by atoms with van der Waals surface area (Å²) in [4.78, 5) is 22.4. The molecule has 0 amide bonds. The van der Waals surface area contributed by atoms with Gasteiger partial charge in [-0.1, -0.05) is 59.6 Å². The molecule has 88 valence electrons. The third kappa shape index (κ3) is 3.16. The maximum Gasteiger partial charge on any atom is 0.197 e. The van der Waals surface area contributed by atoms with E-state index in [4.69, 9.17) is 0 Å². The molecule has 0 radical (unpaired) electrons. The van der Waals surface area contributed by atoms with E-state index in [9.17, 15) is 9.59 Å². The van der Waals surface area contributed by atoms with E-state index in [1.165, 1.54) is 12.2 Å². The van der Waals surface area contributed by atoms with Crippen LogP contribution in [-0.4, -0.2) is 11.6 Å². The lowest BCUT2D eigenvalue weighted by Gasteiger charge is -1.88. The summed E-state index contributed by atoms with van der Waals surface area (Å²) in [6, 6.07) is 0. The quantitative estimate of drug-likeness (QED) is 0.528. The van der Waals surface area contributed by atoms with Crippen LogP contribution in [0.1, 0.15) is 27.7 Å². The predicted octanol–water partition coefficient (Wildman–Crippen LogP) is 3.42. The molecule has 0 saturated heterocycles. The first-order chi connectivity index (χ1) is 7.63. The van der Waals surface area contributed by atoms with Gasteiger partial charge in [0.1, 0.15) is 0 Å². The topological polar surface area (TPSA) is 34.1 Å². The summed E-state index contributed by atoms with van der Waals surface area (Å²) in [5.41, 5.74) is 0.611. The van der Waals surface area contributed by atoms with E-state index in [1.807, 2.05) is 27.7 Å². The maximum absolute atomic E-state index is 11.2. The van der Waals surface area contributed by atoms with Crippen LogP contribution < -0.4 is 0 Å². The Balaban J connectivity index is 0. The van der Waals surface area contributed by atoms with Crippen molar-refractivity contribution in [2.24, 2.45) is 0 Å². The van der Waals surface area contributed by atoms with Crippen LogP contribution in [0.5, 0.6) is 0 Å². The van der Waals surface area contributed by atoms with Gasteiger partial charge >= 0.3 is 0 Å². The fraction of sp³-hybridized carbons (Fsp3) is 0.286. The third-order valence-corrected chi connectivity index (χ3v) is 1.74. The highest BCUT2D eigenvalue weighted by Crippen LogP contribution is 2.24. The van der Waals surface area contributed by atoms with Crippen LogP contribution >= 0.6 is 0 Å². The van der Waals surface area contributed by atoms with Crippen molar-refractivity contribution < 1.29 is 9.59 Å². The molecule has 1 rings (SSSR count). The van der Waals surface area contributed by atoms with E-state index in [1.54, 1.807) is 0 Å². The van der Waals surface area contributed by atoms with Gasteiger partial charge in [-0.25, -0.2) is 0 Å². The zero-order valence-corrected chi connectivity index (χ0v) is 10.6. The minimum Gasteiger partial charge on any atom is -0.288 e. The molecular weight excluding hydrogens is 200 g/mol. The summed E-state index contributed by atoms with van der Waals surface area (Å²) in [6.07, 6.45) is 2.71. The lowest BCUT2D eigenvalue weighted by atomic mass is 10.1. The summed E-state index contributed by atoms with van der Waals surface area (Å²) in [5, 5.41) is 0. The highest BCUT2D eigenvalue weighted by Gasteiger charge is 2.30. The highest BCUT2D eigenvalue weighted by molar-refractivity contribution is 6.39. The molecule has 0 aromatic rings. The van der Waals surface area contributed by atoms with Gasteiger partial charge in [-0.15, -0.1) is 0 Å². The number of hydrogen-bond donors (Lipinski definition) is 0. The van der Waals surface area contributed by atoms with E-state index in [0.717, 1.165) is 0 Å². The van der Waals surface area contributed by atoms with Crippen LogP contribution in [0, 0.1) is 0 Å². The highest BCUT2D eigenvalue weighted by atomic mass is 16.2. The Bertz CT molecular complexity index is 312. The molecule has 1 aliphatic carbocycles. The van der Waals surface area contributed by atoms with Crippen LogP contribution in [-0.2, 0) is 9.59 Å². The van der Waals surface area contributed by atoms with Crippen LogP contribution in [0.2, 0.25) is 0 Å². The Labute approximate surface area is 98.1 Å². The largest absolute Gasteiger partial charge is 0.288 e. The normalized spacial score (nSPS) is 13.6. The monoisotopic (exact) mass is 220 g/mol. The molecule has 0 spiro atoms. The molecule has 0 atom stereocenters. The second-order valence-electron chi connectivity index (χ2n) is 2.37. The van der Waals surface area contributed by atoms with Crippen molar-refractivity contribution in [1.82, 2.24) is 0 Å². The first-order valence-corrected chi connectivity index (χ1v) is 5.41. The van der Waals surface area contributed by atoms with Crippen molar-refractivity contribution >= 4 is 11.6 Å². The number of hydrogen-bond acceptors (Lipinski definition) is 2. The van der Waals surface area contributed by atoms with E-state index in [2.05, 4.69) is 19.7 Å². The first kappa shape index (κ1) is 16.7. The van der Waals surface area contributed by atoms with Crippen molar-refractivity contribution in [3.05, 3.63) is 48.6 Å². The lowest BCUT2D eigenvalue weighted by Crippen LogP contribution is -2.01. The van der Waals surface area contributed by atoms with Gasteiger partial charge in [0, 0.05) is 11.1 Å². The molecule has 0 fully saturated rings. The maximum atomic E-state index is 11.2. The van der Waals surface area contributed by atoms with Crippen LogP contribution in [0.4, 0.5) is 0 Å². The third-order valence-electron chi connectivity index (χ3n) is 1.74. The second kappa shape index (κ2) is 8.60. The van der Waals surface area contributed by atoms with Crippen molar-refractivity contribution in [3.63, 3.8) is 0 Å². The zero-order valence-electron chi connectivity index (χ0n) is 10.6. The number of Topliss-reactive ketones (excluding diaryl/α,β-unsaturated/α-hetero) is 2. The molecule has 0 heterocycles. The Morgan fingerprint density at radius 3 is 1.25 bits per heavy atom. The van der Waals surface area contributed by atoms with Crippen molar-refractivity contribution in [2.45, 2.75) is 27.7 Å². The second-order valence-corrected chi connectivity index (χ2v) is 2.37. The van der Waals surface area contributed by atoms with Crippen LogP contribution in [0.3, 0.4) is 0 Å². The molecule has 0 aliphatic heterocycles. The van der Waals surface area contributed by atoms with Gasteiger partial charge in [0.2, 0.25) is 0 Å². The van der Waals surface area contributed by atoms with Gasteiger partial charge < -0.3 is 0 Å². The van der Waals surface area contributed by atoms with Crippen molar-refractivity contribution in [3.8, 4) is 0 Å². The van der Waals surface area contributed by atoms with Crippen LogP contribution in [0.15, 0.2) is 48.6 Å². The molecule has 0 saturated carbocycles. The minimum absolute atomic E-state index is 0.000185. The molecule has 16 heavy (non-hydrogen) atoms. The summed E-state index contributed by atoms with van der Waals surface area (Å²) < 4.78 is 0. The van der Waals surface area contributed by atoms with E-state index in [0.29, 0.717) is 11.1 Å². The van der Waals surface area contributed by atoms with Crippen molar-refractivity contribution in [1.29, 1.82) is 0 Å². The van der Waals surface area contributed by atoms with Gasteiger partial charge in [0.05, 0.1) is 5.57 Å². The summed E-state index contributed by atoms with van der Waals surface area (Å²) >= 11 is 0. The Kier molecular flexibility index (Phi) is 8.98. The zero-order chi connectivity index (χ0) is 13.3. The average Bonchev–Trinajstić information content (AvgIpc) is 2.57. The SMILES string of the molecule is C=CC1=C(C=C)C(=O)C(=C)C1=O.CC.CC. The molecule has 0 bridgehead atoms. The molecule has 2 heteroatoms. The van der Waals surface area contributed by atoms with Gasteiger partial charge in [-0.2, -0.15) is 0 Å². The van der Waals surface area contributed by atoms with E-state index in [-0.39, 0.29) is 17.1 Å². The predicted molar refractivity (Wildman–Crippen MR) is 69.3 cm³/mol. The number of ketones is 2. The Morgan fingerprint density at radius 2 is 1.06 bits per heavy atom. The van der Waals surface area contributed by atoms with Gasteiger partial charge in [-0.05, 0) is 0 Å². The summed E-state index contributed by atoms with van der Waals surface area (Å²) in [5.74, 6) is -0.685. The molecule has 0 aromatic carbocycles. The average molecular weight is 220 g/mol. The molecule has 0 unspecified atom stereocenters. The first-order valence-electron chi connectivity index (χ1n) is 5.41. The van der Waals surface area contributed by atoms with Gasteiger partial charge in [0.25, 0.3) is 0 Å².